The summed E-state index contributed by atoms with van der Waals surface area (Å²) in [5, 5.41) is 9.52. The average Bonchev–Trinajstić information content (AvgIpc) is 2.59. The summed E-state index contributed by atoms with van der Waals surface area (Å²) in [6.45, 7) is 0.673. The van der Waals surface area contributed by atoms with Gasteiger partial charge < -0.3 is 4.84 Å². The summed E-state index contributed by atoms with van der Waals surface area (Å²) in [4.78, 5) is 4.81. The van der Waals surface area contributed by atoms with Gasteiger partial charge in [-0.05, 0) is 11.5 Å². The maximum Gasteiger partial charge on any atom is 0.123 e. The first-order valence-corrected chi connectivity index (χ1v) is 3.77. The fraction of sp³-hybridized carbons (Fsp3) is 0.400. The molecule has 0 fully saturated rings. The van der Waals surface area contributed by atoms with Crippen molar-refractivity contribution in [1.29, 1.82) is 0 Å². The number of nitrogens with zero attached hydrogens (tertiary/aromatic N) is 3. The van der Waals surface area contributed by atoms with Gasteiger partial charge in [0.2, 0.25) is 0 Å². The molecule has 5 heteroatoms. The van der Waals surface area contributed by atoms with Gasteiger partial charge in [0.1, 0.15) is 18.0 Å². The predicted octanol–water partition coefficient (Wildman–Crippen LogP) is 0.663. The normalized spacial score (nSPS) is 16.6. The first kappa shape index (κ1) is 5.79. The second-order valence-corrected chi connectivity index (χ2v) is 2.52. The molecule has 0 spiro atoms. The molecule has 1 aliphatic heterocycles. The van der Waals surface area contributed by atoms with Gasteiger partial charge in [0, 0.05) is 11.8 Å². The van der Waals surface area contributed by atoms with E-state index in [2.05, 4.69) is 14.7 Å². The lowest BCUT2D eigenvalue weighted by Gasteiger charge is -1.84. The highest BCUT2D eigenvalue weighted by atomic mass is 32.1. The van der Waals surface area contributed by atoms with Crippen molar-refractivity contribution in [2.75, 3.05) is 6.61 Å². The number of hydrogen-bond donors (Lipinski definition) is 0. The fourth-order valence-electron chi connectivity index (χ4n) is 0.777. The molecule has 2 rings (SSSR count). The van der Waals surface area contributed by atoms with Crippen LogP contribution in [-0.4, -0.2) is 21.9 Å². The largest absolute Gasteiger partial charge is 0.395 e. The third-order valence-corrected chi connectivity index (χ3v) is 1.77. The quantitative estimate of drug-likeness (QED) is 0.598. The molecule has 1 aliphatic rings. The fourth-order valence-corrected chi connectivity index (χ4v) is 1.24. The first-order valence-electron chi connectivity index (χ1n) is 2.93. The first-order chi connectivity index (χ1) is 4.97. The van der Waals surface area contributed by atoms with E-state index in [1.54, 1.807) is 0 Å². The number of aromatic nitrogens is 2. The zero-order valence-electron chi connectivity index (χ0n) is 5.15. The summed E-state index contributed by atoms with van der Waals surface area (Å²) in [5.74, 6) is 0. The van der Waals surface area contributed by atoms with E-state index in [0.29, 0.717) is 6.61 Å². The van der Waals surface area contributed by atoms with Gasteiger partial charge in [0.05, 0.1) is 0 Å². The Kier molecular flexibility index (Phi) is 1.35. The van der Waals surface area contributed by atoms with Crippen molar-refractivity contribution in [3.05, 3.63) is 11.1 Å². The molecule has 2 heterocycles. The molecule has 0 unspecified atom stereocenters. The van der Waals surface area contributed by atoms with Crippen molar-refractivity contribution in [2.45, 2.75) is 6.42 Å². The van der Waals surface area contributed by atoms with Crippen LogP contribution in [0, 0.1) is 0 Å². The molecule has 0 amide bonds. The second-order valence-electron chi connectivity index (χ2n) is 1.91. The summed E-state index contributed by atoms with van der Waals surface area (Å²) >= 11 is 1.33. The van der Waals surface area contributed by atoms with E-state index < -0.39 is 0 Å². The molecular formula is C5H5N3OS. The maximum absolute atomic E-state index is 4.81. The van der Waals surface area contributed by atoms with Crippen molar-refractivity contribution in [2.24, 2.45) is 5.16 Å². The molecule has 0 bridgehead atoms. The van der Waals surface area contributed by atoms with Gasteiger partial charge in [-0.25, -0.2) is 0 Å². The van der Waals surface area contributed by atoms with Gasteiger partial charge in [0.15, 0.2) is 0 Å². The molecule has 0 saturated carbocycles. The van der Waals surface area contributed by atoms with E-state index in [0.717, 1.165) is 17.8 Å². The minimum atomic E-state index is 0.673. The van der Waals surface area contributed by atoms with E-state index in [9.17, 15) is 0 Å². The molecule has 0 aliphatic carbocycles. The van der Waals surface area contributed by atoms with Crippen LogP contribution in [0.15, 0.2) is 10.5 Å². The summed E-state index contributed by atoms with van der Waals surface area (Å²) in [7, 11) is 0. The molecule has 0 saturated heterocycles. The van der Waals surface area contributed by atoms with Gasteiger partial charge in [-0.15, -0.1) is 5.10 Å². The third kappa shape index (κ3) is 0.881. The Morgan fingerprint density at radius 1 is 1.60 bits per heavy atom. The minimum Gasteiger partial charge on any atom is -0.395 e. The number of hydrogen-bond acceptors (Lipinski definition) is 5. The molecule has 0 N–H and O–H groups in total. The van der Waals surface area contributed by atoms with Crippen LogP contribution in [0.3, 0.4) is 0 Å². The summed E-state index contributed by atoms with van der Waals surface area (Å²) < 4.78 is 3.72. The van der Waals surface area contributed by atoms with E-state index in [1.807, 2.05) is 5.38 Å². The summed E-state index contributed by atoms with van der Waals surface area (Å²) in [5.41, 5.74) is 1.76. The Labute approximate surface area is 61.7 Å². The zero-order valence-corrected chi connectivity index (χ0v) is 5.97. The molecule has 0 radical (unpaired) electrons. The van der Waals surface area contributed by atoms with Gasteiger partial charge in [-0.3, -0.25) is 0 Å². The molecule has 1 aromatic heterocycles. The van der Waals surface area contributed by atoms with Crippen molar-refractivity contribution in [3.8, 4) is 0 Å². The van der Waals surface area contributed by atoms with Crippen molar-refractivity contribution in [1.82, 2.24) is 9.59 Å². The SMILES string of the molecule is c1snnc1C1=NOCC1. The van der Waals surface area contributed by atoms with Crippen LogP contribution in [0.4, 0.5) is 0 Å². The van der Waals surface area contributed by atoms with E-state index in [4.69, 9.17) is 4.84 Å². The Bertz CT molecular complexity index is 243. The lowest BCUT2D eigenvalue weighted by atomic mass is 10.2. The highest BCUT2D eigenvalue weighted by Crippen LogP contribution is 2.08. The van der Waals surface area contributed by atoms with Gasteiger partial charge in [-0.2, -0.15) is 0 Å². The van der Waals surface area contributed by atoms with Crippen LogP contribution in [-0.2, 0) is 4.84 Å². The van der Waals surface area contributed by atoms with Crippen LogP contribution < -0.4 is 0 Å². The number of rotatable bonds is 1. The average molecular weight is 155 g/mol. The smallest absolute Gasteiger partial charge is 0.123 e. The Morgan fingerprint density at radius 3 is 3.20 bits per heavy atom. The second kappa shape index (κ2) is 2.34. The van der Waals surface area contributed by atoms with Crippen LogP contribution in [0.2, 0.25) is 0 Å². The highest BCUT2D eigenvalue weighted by Gasteiger charge is 2.12. The zero-order chi connectivity index (χ0) is 6.81. The van der Waals surface area contributed by atoms with Crippen LogP contribution in [0.5, 0.6) is 0 Å². The third-order valence-electron chi connectivity index (χ3n) is 1.26. The molecular weight excluding hydrogens is 150 g/mol. The summed E-state index contributed by atoms with van der Waals surface area (Å²) in [6, 6.07) is 0. The van der Waals surface area contributed by atoms with Crippen molar-refractivity contribution >= 4 is 17.2 Å². The van der Waals surface area contributed by atoms with Crippen molar-refractivity contribution in [3.63, 3.8) is 0 Å². The van der Waals surface area contributed by atoms with Crippen LogP contribution in [0.25, 0.3) is 0 Å². The molecule has 0 aromatic carbocycles. The lowest BCUT2D eigenvalue weighted by Crippen LogP contribution is -1.96. The van der Waals surface area contributed by atoms with Crippen LogP contribution in [0.1, 0.15) is 12.1 Å². The van der Waals surface area contributed by atoms with Gasteiger partial charge in [0.25, 0.3) is 0 Å². The maximum atomic E-state index is 4.81. The molecule has 52 valence electrons. The number of oxime groups is 1. The molecule has 10 heavy (non-hydrogen) atoms. The van der Waals surface area contributed by atoms with E-state index >= 15 is 0 Å². The molecule has 4 nitrogen and oxygen atoms in total. The van der Waals surface area contributed by atoms with Gasteiger partial charge >= 0.3 is 0 Å². The Hall–Kier alpha value is -0.970. The summed E-state index contributed by atoms with van der Waals surface area (Å²) in [6.07, 6.45) is 0.853. The lowest BCUT2D eigenvalue weighted by molar-refractivity contribution is 0.174. The van der Waals surface area contributed by atoms with Crippen LogP contribution >= 0.6 is 11.5 Å². The van der Waals surface area contributed by atoms with Gasteiger partial charge in [-0.1, -0.05) is 9.64 Å². The minimum absolute atomic E-state index is 0.673. The topological polar surface area (TPSA) is 47.4 Å². The van der Waals surface area contributed by atoms with E-state index in [-0.39, 0.29) is 0 Å². The van der Waals surface area contributed by atoms with E-state index in [1.165, 1.54) is 11.5 Å². The monoisotopic (exact) mass is 155 g/mol. The Morgan fingerprint density at radius 2 is 2.60 bits per heavy atom. The highest BCUT2D eigenvalue weighted by molar-refractivity contribution is 7.03. The van der Waals surface area contributed by atoms with Crippen molar-refractivity contribution < 1.29 is 4.84 Å². The Balaban J connectivity index is 2.28. The predicted molar refractivity (Wildman–Crippen MR) is 37.0 cm³/mol. The molecule has 0 atom stereocenters. The molecule has 1 aromatic rings. The standard InChI is InChI=1S/C5H5N3OS/c1-2-9-7-4(1)5-3-10-8-6-5/h3H,1-2H2.